The van der Waals surface area contributed by atoms with E-state index in [1.807, 2.05) is 0 Å². The third-order valence-electron chi connectivity index (χ3n) is 4.52. The molecule has 2 aromatic rings. The van der Waals surface area contributed by atoms with Crippen LogP contribution < -0.4 is 9.47 Å². The van der Waals surface area contributed by atoms with Crippen LogP contribution >= 0.6 is 11.6 Å². The van der Waals surface area contributed by atoms with Gasteiger partial charge in [-0.1, -0.05) is 16.8 Å². The molecule has 0 spiro atoms. The molecule has 1 aliphatic carbocycles. The lowest BCUT2D eigenvalue weighted by Gasteiger charge is -2.13. The van der Waals surface area contributed by atoms with Crippen molar-refractivity contribution in [2.45, 2.75) is 43.1 Å². The minimum atomic E-state index is -3.56. The second-order valence-corrected chi connectivity index (χ2v) is 9.40. The number of fused-ring (bicyclic) bond motifs is 1. The summed E-state index contributed by atoms with van der Waals surface area (Å²) in [5.41, 5.74) is 0.535. The van der Waals surface area contributed by atoms with Gasteiger partial charge >= 0.3 is 0 Å². The topological polar surface area (TPSA) is 91.5 Å². The molecule has 1 atom stereocenters. The molecule has 4 rings (SSSR count). The van der Waals surface area contributed by atoms with Gasteiger partial charge in [0, 0.05) is 12.3 Å². The Kier molecular flexibility index (Phi) is 4.56. The third kappa shape index (κ3) is 3.53. The maximum atomic E-state index is 12.8. The van der Waals surface area contributed by atoms with Crippen LogP contribution in [-0.4, -0.2) is 31.8 Å². The molecule has 1 unspecified atom stereocenters. The van der Waals surface area contributed by atoms with E-state index in [0.717, 1.165) is 19.3 Å². The average Bonchev–Trinajstić information content (AvgIpc) is 3.37. The van der Waals surface area contributed by atoms with E-state index in [9.17, 15) is 8.42 Å². The first-order valence-corrected chi connectivity index (χ1v) is 10.7. The van der Waals surface area contributed by atoms with Crippen molar-refractivity contribution in [3.63, 3.8) is 0 Å². The molecule has 1 fully saturated rings. The molecule has 140 valence electrons. The molecule has 0 radical (unpaired) electrons. The van der Waals surface area contributed by atoms with E-state index in [0.29, 0.717) is 47.0 Å². The summed E-state index contributed by atoms with van der Waals surface area (Å²) in [7, 11) is -3.56. The van der Waals surface area contributed by atoms with E-state index >= 15 is 0 Å². The molecule has 9 heteroatoms. The maximum Gasteiger partial charge on any atom is 0.244 e. The number of rotatable bonds is 5. The van der Waals surface area contributed by atoms with Crippen molar-refractivity contribution in [1.82, 2.24) is 10.1 Å². The zero-order chi connectivity index (χ0) is 18.3. The number of ether oxygens (including phenoxy) is 2. The van der Waals surface area contributed by atoms with Gasteiger partial charge in [0.25, 0.3) is 0 Å². The predicted octanol–water partition coefficient (Wildman–Crippen LogP) is 3.44. The highest BCUT2D eigenvalue weighted by Gasteiger charge is 2.33. The molecule has 7 nitrogen and oxygen atoms in total. The van der Waals surface area contributed by atoms with Crippen molar-refractivity contribution >= 4 is 21.4 Å². The van der Waals surface area contributed by atoms with E-state index in [1.54, 1.807) is 19.1 Å². The summed E-state index contributed by atoms with van der Waals surface area (Å²) >= 11 is 6.25. The molecule has 1 aliphatic heterocycles. The lowest BCUT2D eigenvalue weighted by molar-refractivity contribution is 0.297. The van der Waals surface area contributed by atoms with Gasteiger partial charge in [0.15, 0.2) is 27.2 Å². The zero-order valence-electron chi connectivity index (χ0n) is 14.3. The van der Waals surface area contributed by atoms with Crippen molar-refractivity contribution in [3.8, 4) is 11.5 Å². The first kappa shape index (κ1) is 17.6. The number of hydrogen-bond acceptors (Lipinski definition) is 7. The largest absolute Gasteiger partial charge is 0.489 e. The van der Waals surface area contributed by atoms with E-state index in [1.165, 1.54) is 0 Å². The summed E-state index contributed by atoms with van der Waals surface area (Å²) in [4.78, 5) is 4.25. The van der Waals surface area contributed by atoms with Crippen LogP contribution in [0.4, 0.5) is 0 Å². The Morgan fingerprint density at radius 2 is 2.04 bits per heavy atom. The standard InChI is InChI=1S/C17H19ClN2O5S/c1-10(17-19-16(20-25-17)12-3-4-12)26(21,22)9-11-7-13(18)15-14(8-11)23-5-2-6-24-15/h7-8,10,12H,2-6,9H2,1H3. The first-order valence-electron chi connectivity index (χ1n) is 8.57. The third-order valence-corrected chi connectivity index (χ3v) is 6.81. The van der Waals surface area contributed by atoms with Gasteiger partial charge in [-0.25, -0.2) is 8.42 Å². The van der Waals surface area contributed by atoms with Crippen LogP contribution in [0.15, 0.2) is 16.7 Å². The second kappa shape index (κ2) is 6.74. The fourth-order valence-electron chi connectivity index (χ4n) is 2.80. The molecule has 1 saturated carbocycles. The number of hydrogen-bond donors (Lipinski definition) is 0. The van der Waals surface area contributed by atoms with Gasteiger partial charge in [-0.2, -0.15) is 4.98 Å². The summed E-state index contributed by atoms with van der Waals surface area (Å²) in [6.07, 6.45) is 2.79. The Bertz CT molecular complexity index is 923. The van der Waals surface area contributed by atoms with Crippen molar-refractivity contribution in [2.75, 3.05) is 13.2 Å². The molecule has 26 heavy (non-hydrogen) atoms. The summed E-state index contributed by atoms with van der Waals surface area (Å²) in [5.74, 6) is 1.77. The minimum absolute atomic E-state index is 0.132. The smallest absolute Gasteiger partial charge is 0.244 e. The van der Waals surface area contributed by atoms with Crippen LogP contribution in [0.5, 0.6) is 11.5 Å². The van der Waals surface area contributed by atoms with Gasteiger partial charge in [0.1, 0.15) is 5.25 Å². The Labute approximate surface area is 156 Å². The predicted molar refractivity (Wildman–Crippen MR) is 94.4 cm³/mol. The Morgan fingerprint density at radius 1 is 1.27 bits per heavy atom. The summed E-state index contributed by atoms with van der Waals surface area (Å²) < 4.78 is 42.0. The number of aromatic nitrogens is 2. The van der Waals surface area contributed by atoms with Crippen molar-refractivity contribution in [1.29, 1.82) is 0 Å². The van der Waals surface area contributed by atoms with Crippen molar-refractivity contribution < 1.29 is 22.4 Å². The molecule has 1 aromatic carbocycles. The fourth-order valence-corrected chi connectivity index (χ4v) is 4.37. The van der Waals surface area contributed by atoms with Crippen molar-refractivity contribution in [2.24, 2.45) is 0 Å². The summed E-state index contributed by atoms with van der Waals surface area (Å²) in [5, 5.41) is 3.35. The molecule has 1 aromatic heterocycles. The summed E-state index contributed by atoms with van der Waals surface area (Å²) in [6, 6.07) is 3.27. The number of benzene rings is 1. The monoisotopic (exact) mass is 398 g/mol. The SMILES string of the molecule is CC(c1nc(C2CC2)no1)S(=O)(=O)Cc1cc(Cl)c2c(c1)OCCCO2. The molecule has 2 aliphatic rings. The second-order valence-electron chi connectivity index (χ2n) is 6.67. The highest BCUT2D eigenvalue weighted by atomic mass is 35.5. The summed E-state index contributed by atoms with van der Waals surface area (Å²) in [6.45, 7) is 2.58. The number of sulfone groups is 1. The lowest BCUT2D eigenvalue weighted by atomic mass is 10.2. The maximum absolute atomic E-state index is 12.8. The van der Waals surface area contributed by atoms with Crippen LogP contribution in [-0.2, 0) is 15.6 Å². The number of nitrogens with zero attached hydrogens (tertiary/aromatic N) is 2. The quantitative estimate of drug-likeness (QED) is 0.761. The van der Waals surface area contributed by atoms with E-state index in [-0.39, 0.29) is 11.6 Å². The molecule has 0 N–H and O–H groups in total. The average molecular weight is 399 g/mol. The fraction of sp³-hybridized carbons (Fsp3) is 0.529. The Morgan fingerprint density at radius 3 is 2.81 bits per heavy atom. The van der Waals surface area contributed by atoms with Gasteiger partial charge in [0.2, 0.25) is 5.89 Å². The Hall–Kier alpha value is -1.80. The van der Waals surface area contributed by atoms with Crippen molar-refractivity contribution in [3.05, 3.63) is 34.4 Å². The zero-order valence-corrected chi connectivity index (χ0v) is 15.8. The van der Waals surface area contributed by atoms with Gasteiger partial charge in [-0.05, 0) is 37.5 Å². The molecular weight excluding hydrogens is 380 g/mol. The highest BCUT2D eigenvalue weighted by molar-refractivity contribution is 7.90. The van der Waals surface area contributed by atoms with Gasteiger partial charge in [-0.15, -0.1) is 0 Å². The Balaban J connectivity index is 1.56. The molecular formula is C17H19ClN2O5S. The lowest BCUT2D eigenvalue weighted by Crippen LogP contribution is -2.13. The van der Waals surface area contributed by atoms with Crippen LogP contribution in [0.2, 0.25) is 5.02 Å². The van der Waals surface area contributed by atoms with Gasteiger partial charge < -0.3 is 14.0 Å². The van der Waals surface area contributed by atoms with Crippen LogP contribution in [0, 0.1) is 0 Å². The minimum Gasteiger partial charge on any atom is -0.489 e. The van der Waals surface area contributed by atoms with Gasteiger partial charge in [0.05, 0.1) is 24.0 Å². The molecule has 0 amide bonds. The highest BCUT2D eigenvalue weighted by Crippen LogP contribution is 2.40. The van der Waals surface area contributed by atoms with Crippen LogP contribution in [0.1, 0.15) is 54.6 Å². The normalized spacial score (nSPS) is 18.4. The molecule has 0 saturated heterocycles. The van der Waals surface area contributed by atoms with E-state index in [2.05, 4.69) is 10.1 Å². The van der Waals surface area contributed by atoms with Crippen LogP contribution in [0.3, 0.4) is 0 Å². The van der Waals surface area contributed by atoms with E-state index < -0.39 is 15.1 Å². The van der Waals surface area contributed by atoms with Crippen LogP contribution in [0.25, 0.3) is 0 Å². The van der Waals surface area contributed by atoms with Gasteiger partial charge in [-0.3, -0.25) is 0 Å². The molecule has 2 heterocycles. The number of halogens is 1. The molecule has 0 bridgehead atoms. The first-order chi connectivity index (χ1) is 12.4. The van der Waals surface area contributed by atoms with E-state index in [4.69, 9.17) is 25.6 Å².